The molecule has 6 heteroatoms. The number of hydrogen-bond donors (Lipinski definition) is 1. The van der Waals surface area contributed by atoms with E-state index in [-0.39, 0.29) is 11.9 Å². The first-order chi connectivity index (χ1) is 10.7. The summed E-state index contributed by atoms with van der Waals surface area (Å²) < 4.78 is 19.2. The normalized spacial score (nSPS) is 18.0. The van der Waals surface area contributed by atoms with Crippen molar-refractivity contribution >= 4 is 5.82 Å². The Morgan fingerprint density at radius 1 is 1.36 bits per heavy atom. The van der Waals surface area contributed by atoms with E-state index in [1.807, 2.05) is 6.07 Å². The average Bonchev–Trinajstić information content (AvgIpc) is 2.94. The fourth-order valence-electron chi connectivity index (χ4n) is 2.63. The summed E-state index contributed by atoms with van der Waals surface area (Å²) in [5, 5.41) is 0. The van der Waals surface area contributed by atoms with Gasteiger partial charge in [-0.3, -0.25) is 0 Å². The molecule has 0 aliphatic carbocycles. The largest absolute Gasteiger partial charge is 0.378 e. The molecule has 1 saturated heterocycles. The lowest BCUT2D eigenvalue weighted by molar-refractivity contribution is 0.181. The zero-order chi connectivity index (χ0) is 15.5. The van der Waals surface area contributed by atoms with Crippen LogP contribution in [0.15, 0.2) is 30.3 Å². The maximum atomic E-state index is 14.0. The molecule has 0 spiro atoms. The Balaban J connectivity index is 2.02. The van der Waals surface area contributed by atoms with Gasteiger partial charge in [0.2, 0.25) is 0 Å². The number of benzene rings is 1. The van der Waals surface area contributed by atoms with E-state index in [2.05, 4.69) is 14.9 Å². The number of hydrogen-bond acceptors (Lipinski definition) is 5. The summed E-state index contributed by atoms with van der Waals surface area (Å²) in [7, 11) is 1.61. The Morgan fingerprint density at radius 3 is 2.86 bits per heavy atom. The van der Waals surface area contributed by atoms with Crippen molar-refractivity contribution in [1.29, 1.82) is 0 Å². The third-order valence-corrected chi connectivity index (χ3v) is 3.72. The highest BCUT2D eigenvalue weighted by Crippen LogP contribution is 2.24. The lowest BCUT2D eigenvalue weighted by Gasteiger charge is -2.18. The van der Waals surface area contributed by atoms with Crippen LogP contribution in [0.3, 0.4) is 0 Å². The van der Waals surface area contributed by atoms with E-state index in [1.165, 1.54) is 6.07 Å². The fourth-order valence-corrected chi connectivity index (χ4v) is 2.63. The average molecular weight is 302 g/mol. The van der Waals surface area contributed by atoms with E-state index in [4.69, 9.17) is 10.5 Å². The van der Waals surface area contributed by atoms with Gasteiger partial charge in [0.05, 0.1) is 17.9 Å². The smallest absolute Gasteiger partial charge is 0.164 e. The van der Waals surface area contributed by atoms with Gasteiger partial charge >= 0.3 is 0 Å². The number of ether oxygens (including phenoxy) is 1. The predicted octanol–water partition coefficient (Wildman–Crippen LogP) is 1.97. The molecule has 5 nitrogen and oxygen atoms in total. The SMILES string of the molecule is COCc1cc(N2CCC(N)C2)nc(-c2ccccc2F)n1. The second-order valence-corrected chi connectivity index (χ2v) is 5.45. The highest BCUT2D eigenvalue weighted by atomic mass is 19.1. The Hall–Kier alpha value is -2.05. The lowest BCUT2D eigenvalue weighted by Crippen LogP contribution is -2.27. The minimum atomic E-state index is -0.332. The topological polar surface area (TPSA) is 64.3 Å². The van der Waals surface area contributed by atoms with Crippen LogP contribution in [-0.2, 0) is 11.3 Å². The molecule has 2 N–H and O–H groups in total. The van der Waals surface area contributed by atoms with Gasteiger partial charge in [0, 0.05) is 32.3 Å². The van der Waals surface area contributed by atoms with E-state index in [0.29, 0.717) is 18.0 Å². The minimum Gasteiger partial charge on any atom is -0.378 e. The van der Waals surface area contributed by atoms with Crippen molar-refractivity contribution in [2.24, 2.45) is 5.73 Å². The summed E-state index contributed by atoms with van der Waals surface area (Å²) in [5.41, 5.74) is 7.08. The molecular formula is C16H19FN4O. The molecule has 1 aliphatic heterocycles. The number of rotatable bonds is 4. The summed E-state index contributed by atoms with van der Waals surface area (Å²) in [4.78, 5) is 11.0. The van der Waals surface area contributed by atoms with Gasteiger partial charge in [-0.05, 0) is 18.6 Å². The van der Waals surface area contributed by atoms with Crippen LogP contribution in [-0.4, -0.2) is 36.2 Å². The number of anilines is 1. The van der Waals surface area contributed by atoms with Gasteiger partial charge in [-0.2, -0.15) is 0 Å². The maximum Gasteiger partial charge on any atom is 0.164 e. The molecule has 2 heterocycles. The van der Waals surface area contributed by atoms with E-state index >= 15 is 0 Å². The van der Waals surface area contributed by atoms with E-state index < -0.39 is 0 Å². The van der Waals surface area contributed by atoms with Crippen molar-refractivity contribution in [3.8, 4) is 11.4 Å². The number of aromatic nitrogens is 2. The first-order valence-electron chi connectivity index (χ1n) is 7.29. The number of methoxy groups -OCH3 is 1. The van der Waals surface area contributed by atoms with Gasteiger partial charge < -0.3 is 15.4 Å². The third kappa shape index (κ3) is 3.08. The van der Waals surface area contributed by atoms with Gasteiger partial charge in [0.1, 0.15) is 11.6 Å². The highest BCUT2D eigenvalue weighted by molar-refractivity contribution is 5.59. The zero-order valence-electron chi connectivity index (χ0n) is 12.5. The predicted molar refractivity (Wildman–Crippen MR) is 82.9 cm³/mol. The van der Waals surface area contributed by atoms with Gasteiger partial charge in [-0.15, -0.1) is 0 Å². The quantitative estimate of drug-likeness (QED) is 0.935. The summed E-state index contributed by atoms with van der Waals surface area (Å²) in [5.74, 6) is 0.817. The molecule has 116 valence electrons. The van der Waals surface area contributed by atoms with Crippen LogP contribution in [0.25, 0.3) is 11.4 Å². The standard InChI is InChI=1S/C16H19FN4O/c1-22-10-12-8-15(21-7-6-11(18)9-21)20-16(19-12)13-4-2-3-5-14(13)17/h2-5,8,11H,6-7,9-10,18H2,1H3. The summed E-state index contributed by atoms with van der Waals surface area (Å²) in [6, 6.07) is 8.55. The first-order valence-corrected chi connectivity index (χ1v) is 7.29. The number of halogens is 1. The zero-order valence-corrected chi connectivity index (χ0v) is 12.5. The molecule has 0 saturated carbocycles. The molecule has 0 amide bonds. The number of nitrogens with zero attached hydrogens (tertiary/aromatic N) is 3. The second-order valence-electron chi connectivity index (χ2n) is 5.45. The van der Waals surface area contributed by atoms with E-state index in [9.17, 15) is 4.39 Å². The van der Waals surface area contributed by atoms with E-state index in [0.717, 1.165) is 31.0 Å². The third-order valence-electron chi connectivity index (χ3n) is 3.72. The van der Waals surface area contributed by atoms with Crippen molar-refractivity contribution in [1.82, 2.24) is 9.97 Å². The van der Waals surface area contributed by atoms with Crippen molar-refractivity contribution in [2.45, 2.75) is 19.1 Å². The Bertz CT molecular complexity index is 664. The lowest BCUT2D eigenvalue weighted by atomic mass is 10.2. The van der Waals surface area contributed by atoms with Crippen molar-refractivity contribution < 1.29 is 9.13 Å². The summed E-state index contributed by atoms with van der Waals surface area (Å²) in [6.45, 7) is 1.96. The molecular weight excluding hydrogens is 283 g/mol. The Morgan fingerprint density at radius 2 is 2.18 bits per heavy atom. The summed E-state index contributed by atoms with van der Waals surface area (Å²) >= 11 is 0. The number of nitrogens with two attached hydrogens (primary N) is 1. The van der Waals surface area contributed by atoms with Crippen molar-refractivity contribution in [3.05, 3.63) is 41.8 Å². The van der Waals surface area contributed by atoms with Crippen LogP contribution >= 0.6 is 0 Å². The van der Waals surface area contributed by atoms with Crippen LogP contribution in [0.5, 0.6) is 0 Å². The molecule has 1 unspecified atom stereocenters. The minimum absolute atomic E-state index is 0.151. The Kier molecular flexibility index (Phi) is 4.31. The van der Waals surface area contributed by atoms with Gasteiger partial charge in [-0.25, -0.2) is 14.4 Å². The molecule has 1 aromatic carbocycles. The van der Waals surface area contributed by atoms with Gasteiger partial charge in [0.25, 0.3) is 0 Å². The molecule has 1 fully saturated rings. The van der Waals surface area contributed by atoms with Crippen LogP contribution < -0.4 is 10.6 Å². The molecule has 22 heavy (non-hydrogen) atoms. The van der Waals surface area contributed by atoms with Crippen LogP contribution in [0.2, 0.25) is 0 Å². The van der Waals surface area contributed by atoms with Crippen LogP contribution in [0.4, 0.5) is 10.2 Å². The monoisotopic (exact) mass is 302 g/mol. The van der Waals surface area contributed by atoms with E-state index in [1.54, 1.807) is 25.3 Å². The Labute approximate surface area is 128 Å². The van der Waals surface area contributed by atoms with Crippen LogP contribution in [0.1, 0.15) is 12.1 Å². The van der Waals surface area contributed by atoms with Gasteiger partial charge in [0.15, 0.2) is 5.82 Å². The molecule has 1 aromatic heterocycles. The van der Waals surface area contributed by atoms with Crippen molar-refractivity contribution in [3.63, 3.8) is 0 Å². The molecule has 1 atom stereocenters. The molecule has 0 radical (unpaired) electrons. The summed E-state index contributed by atoms with van der Waals surface area (Å²) in [6.07, 6.45) is 0.929. The van der Waals surface area contributed by atoms with Gasteiger partial charge in [-0.1, -0.05) is 12.1 Å². The fraction of sp³-hybridized carbons (Fsp3) is 0.375. The molecule has 1 aliphatic rings. The van der Waals surface area contributed by atoms with Crippen molar-refractivity contribution in [2.75, 3.05) is 25.1 Å². The highest BCUT2D eigenvalue weighted by Gasteiger charge is 2.22. The molecule has 2 aromatic rings. The maximum absolute atomic E-state index is 14.0. The molecule has 0 bridgehead atoms. The first kappa shape index (κ1) is 14.9. The molecule has 3 rings (SSSR count). The second kappa shape index (κ2) is 6.37. The van der Waals surface area contributed by atoms with Crippen LogP contribution in [0, 0.1) is 5.82 Å².